The summed E-state index contributed by atoms with van der Waals surface area (Å²) in [4.78, 5) is 3.76. The van der Waals surface area contributed by atoms with E-state index in [0.717, 1.165) is 0 Å². The minimum atomic E-state index is -2.32. The molecule has 0 unspecified atom stereocenters. The predicted molar refractivity (Wildman–Crippen MR) is 41.8 cm³/mol. The van der Waals surface area contributed by atoms with Crippen LogP contribution in [0.15, 0.2) is 28.7 Å². The average Bonchev–Trinajstić information content (AvgIpc) is 2.47. The molecule has 12 heavy (non-hydrogen) atoms. The highest BCUT2D eigenvalue weighted by Crippen LogP contribution is 2.24. The van der Waals surface area contributed by atoms with Crippen molar-refractivity contribution in [1.29, 1.82) is 0 Å². The molecule has 1 aliphatic rings. The smallest absolute Gasteiger partial charge is 0.242 e. The van der Waals surface area contributed by atoms with E-state index in [-0.39, 0.29) is 4.99 Å². The summed E-state index contributed by atoms with van der Waals surface area (Å²) in [6.07, 6.45) is 2.97. The molecule has 6 heteroatoms. The zero-order valence-corrected chi connectivity index (χ0v) is 6.61. The number of aromatic nitrogens is 1. The average molecular weight is 181 g/mol. The number of hydrogen-bond acceptors (Lipinski definition) is 4. The van der Waals surface area contributed by atoms with E-state index in [1.165, 1.54) is 12.4 Å². The third-order valence-corrected chi connectivity index (χ3v) is 2.05. The lowest BCUT2D eigenvalue weighted by Gasteiger charge is -1.89. The normalized spacial score (nSPS) is 13.2. The zero-order valence-electron chi connectivity index (χ0n) is 5.80. The van der Waals surface area contributed by atoms with Crippen molar-refractivity contribution >= 4 is 21.0 Å². The van der Waals surface area contributed by atoms with Gasteiger partial charge in [-0.15, -0.1) is 10.2 Å². The molecule has 0 bridgehead atoms. The van der Waals surface area contributed by atoms with Gasteiger partial charge in [-0.2, -0.15) is 8.42 Å². The molecule has 0 saturated carbocycles. The SMILES string of the molecule is O=S(=O)=C1N=Nc2cnccc21. The van der Waals surface area contributed by atoms with Crippen molar-refractivity contribution in [2.75, 3.05) is 0 Å². The van der Waals surface area contributed by atoms with E-state index in [0.29, 0.717) is 11.3 Å². The summed E-state index contributed by atoms with van der Waals surface area (Å²) >= 11 is 0. The van der Waals surface area contributed by atoms with Gasteiger partial charge in [-0.1, -0.05) is 0 Å². The molecule has 0 N–H and O–H groups in total. The topological polar surface area (TPSA) is 71.8 Å². The number of pyridine rings is 1. The van der Waals surface area contributed by atoms with Crippen molar-refractivity contribution in [2.24, 2.45) is 10.2 Å². The maximum atomic E-state index is 10.6. The molecule has 1 aromatic rings. The Morgan fingerprint density at radius 3 is 2.83 bits per heavy atom. The molecule has 0 radical (unpaired) electrons. The van der Waals surface area contributed by atoms with Crippen LogP contribution in [0.4, 0.5) is 5.69 Å². The molecule has 0 fully saturated rings. The van der Waals surface area contributed by atoms with Crippen LogP contribution in [0.5, 0.6) is 0 Å². The van der Waals surface area contributed by atoms with Gasteiger partial charge in [-0.05, 0) is 6.07 Å². The maximum Gasteiger partial charge on any atom is 0.242 e. The molecule has 2 rings (SSSR count). The van der Waals surface area contributed by atoms with Gasteiger partial charge in [-0.3, -0.25) is 4.98 Å². The Hall–Kier alpha value is -1.56. The zero-order chi connectivity index (χ0) is 8.55. The van der Waals surface area contributed by atoms with Gasteiger partial charge in [-0.25, -0.2) is 0 Å². The highest BCUT2D eigenvalue weighted by atomic mass is 32.2. The number of hydrogen-bond donors (Lipinski definition) is 0. The molecule has 0 spiro atoms. The van der Waals surface area contributed by atoms with Crippen LogP contribution < -0.4 is 0 Å². The Balaban J connectivity index is 2.81. The summed E-state index contributed by atoms with van der Waals surface area (Å²) in [5.74, 6) is 0. The lowest BCUT2D eigenvalue weighted by atomic mass is 10.2. The van der Waals surface area contributed by atoms with Crippen LogP contribution in [-0.4, -0.2) is 18.4 Å². The van der Waals surface area contributed by atoms with E-state index in [2.05, 4.69) is 15.2 Å². The lowest BCUT2D eigenvalue weighted by molar-refractivity contribution is 0.627. The number of nitrogens with zero attached hydrogens (tertiary/aromatic N) is 3. The van der Waals surface area contributed by atoms with Crippen LogP contribution in [0, 0.1) is 0 Å². The van der Waals surface area contributed by atoms with E-state index in [4.69, 9.17) is 0 Å². The number of rotatable bonds is 0. The van der Waals surface area contributed by atoms with Crippen LogP contribution in [0.1, 0.15) is 5.56 Å². The monoisotopic (exact) mass is 181 g/mol. The number of azo groups is 1. The Morgan fingerprint density at radius 1 is 1.25 bits per heavy atom. The van der Waals surface area contributed by atoms with Crippen molar-refractivity contribution < 1.29 is 8.42 Å². The standard InChI is InChI=1S/C6H3N3O2S/c10-12(11)6-4-1-2-7-3-5(4)8-9-6/h1-3H. The van der Waals surface area contributed by atoms with Gasteiger partial charge in [0.15, 0.2) is 0 Å². The molecule has 0 aromatic carbocycles. The van der Waals surface area contributed by atoms with Gasteiger partial charge in [0.1, 0.15) is 5.69 Å². The second kappa shape index (κ2) is 2.49. The summed E-state index contributed by atoms with van der Waals surface area (Å²) < 4.78 is 21.1. The van der Waals surface area contributed by atoms with Crippen molar-refractivity contribution in [2.45, 2.75) is 0 Å². The van der Waals surface area contributed by atoms with Crippen molar-refractivity contribution in [3.63, 3.8) is 0 Å². The molecule has 1 aliphatic heterocycles. The highest BCUT2D eigenvalue weighted by molar-refractivity contribution is 7.73. The molecule has 0 amide bonds. The van der Waals surface area contributed by atoms with Gasteiger partial charge in [0.25, 0.3) is 0 Å². The molecule has 0 atom stereocenters. The van der Waals surface area contributed by atoms with Crippen molar-refractivity contribution in [1.82, 2.24) is 4.98 Å². The first-order chi connectivity index (χ1) is 5.79. The Labute approximate surface area is 69.3 Å². The third kappa shape index (κ3) is 0.928. The first-order valence-electron chi connectivity index (χ1n) is 3.11. The summed E-state index contributed by atoms with van der Waals surface area (Å²) in [6, 6.07) is 1.57. The van der Waals surface area contributed by atoms with Crippen LogP contribution >= 0.6 is 0 Å². The van der Waals surface area contributed by atoms with Crippen molar-refractivity contribution in [3.05, 3.63) is 24.0 Å². The van der Waals surface area contributed by atoms with Gasteiger partial charge in [0.05, 0.1) is 6.20 Å². The maximum absolute atomic E-state index is 10.6. The molecule has 0 aliphatic carbocycles. The summed E-state index contributed by atoms with van der Waals surface area (Å²) in [5, 5.41) is 7.13. The summed E-state index contributed by atoms with van der Waals surface area (Å²) in [7, 11) is -2.32. The molecule has 5 nitrogen and oxygen atoms in total. The van der Waals surface area contributed by atoms with E-state index in [1.807, 2.05) is 0 Å². The molecular weight excluding hydrogens is 178 g/mol. The fraction of sp³-hybridized carbons (Fsp3) is 0. The largest absolute Gasteiger partial charge is 0.262 e. The first-order valence-corrected chi connectivity index (χ1v) is 4.19. The van der Waals surface area contributed by atoms with E-state index >= 15 is 0 Å². The number of fused-ring (bicyclic) bond motifs is 1. The Kier molecular flexibility index (Phi) is 1.47. The van der Waals surface area contributed by atoms with Crippen LogP contribution in [-0.2, 0) is 10.3 Å². The second-order valence-electron chi connectivity index (χ2n) is 2.13. The fourth-order valence-electron chi connectivity index (χ4n) is 0.923. The van der Waals surface area contributed by atoms with Crippen molar-refractivity contribution in [3.8, 4) is 0 Å². The summed E-state index contributed by atoms with van der Waals surface area (Å²) in [6.45, 7) is 0. The van der Waals surface area contributed by atoms with Gasteiger partial charge < -0.3 is 0 Å². The highest BCUT2D eigenvalue weighted by Gasteiger charge is 2.15. The summed E-state index contributed by atoms with van der Waals surface area (Å²) in [5.41, 5.74) is 1.01. The minimum absolute atomic E-state index is 0.0209. The van der Waals surface area contributed by atoms with E-state index < -0.39 is 10.3 Å². The first kappa shape index (κ1) is 7.11. The van der Waals surface area contributed by atoms with Crippen LogP contribution in [0.3, 0.4) is 0 Å². The minimum Gasteiger partial charge on any atom is -0.262 e. The van der Waals surface area contributed by atoms with Gasteiger partial charge >= 0.3 is 0 Å². The molecule has 2 heterocycles. The van der Waals surface area contributed by atoms with Gasteiger partial charge in [0.2, 0.25) is 15.3 Å². The van der Waals surface area contributed by atoms with E-state index in [9.17, 15) is 8.42 Å². The predicted octanol–water partition coefficient (Wildman–Crippen LogP) is 0.536. The van der Waals surface area contributed by atoms with Crippen LogP contribution in [0.25, 0.3) is 0 Å². The third-order valence-electron chi connectivity index (χ3n) is 1.44. The molecule has 60 valence electrons. The quantitative estimate of drug-likeness (QED) is 0.548. The molecule has 1 aromatic heterocycles. The molecule has 0 saturated heterocycles. The lowest BCUT2D eigenvalue weighted by Crippen LogP contribution is -1.92. The molecular formula is C6H3N3O2S. The Morgan fingerprint density at radius 2 is 2.08 bits per heavy atom. The van der Waals surface area contributed by atoms with Crippen LogP contribution in [0.2, 0.25) is 0 Å². The van der Waals surface area contributed by atoms with E-state index in [1.54, 1.807) is 6.07 Å². The second-order valence-corrected chi connectivity index (χ2v) is 2.99. The fourth-order valence-corrected chi connectivity index (χ4v) is 1.38. The Bertz CT molecular complexity index is 481. The van der Waals surface area contributed by atoms with Gasteiger partial charge in [0, 0.05) is 11.8 Å².